The Morgan fingerprint density at radius 2 is 2.07 bits per heavy atom. The molecule has 1 rings (SSSR count). The number of carboxylic acid groups (broad SMARTS) is 1. The molecule has 0 radical (unpaired) electrons. The van der Waals surface area contributed by atoms with E-state index in [4.69, 9.17) is 5.11 Å². The molecule has 1 saturated carbocycles. The first kappa shape index (κ1) is 11.4. The van der Waals surface area contributed by atoms with Crippen LogP contribution in [0.1, 0.15) is 39.0 Å². The van der Waals surface area contributed by atoms with E-state index >= 15 is 0 Å². The Kier molecular flexibility index (Phi) is 4.28. The highest BCUT2D eigenvalue weighted by Gasteiger charge is 2.29. The van der Waals surface area contributed by atoms with Crippen LogP contribution < -0.4 is 5.65 Å². The van der Waals surface area contributed by atoms with Crippen LogP contribution in [-0.2, 0) is 4.79 Å². The van der Waals surface area contributed by atoms with E-state index in [0.717, 1.165) is 32.1 Å². The Hall–Kier alpha value is -0.680. The molecule has 0 spiro atoms. The molecule has 0 saturated heterocycles. The van der Waals surface area contributed by atoms with Crippen molar-refractivity contribution in [1.82, 2.24) is 10.7 Å². The fraction of sp³-hybridized carbons (Fsp3) is 0.889. The van der Waals surface area contributed by atoms with Crippen LogP contribution >= 0.6 is 0 Å². The molecule has 2 N–H and O–H groups in total. The Balaban J connectivity index is 2.55. The molecule has 0 aromatic heterocycles. The lowest BCUT2D eigenvalue weighted by atomic mass is 9.94. The average molecular weight is 204 g/mol. The van der Waals surface area contributed by atoms with Gasteiger partial charge in [0.1, 0.15) is 6.04 Å². The molecule has 14 heavy (non-hydrogen) atoms. The zero-order chi connectivity index (χ0) is 10.6. The summed E-state index contributed by atoms with van der Waals surface area (Å²) in [6.07, 6.45) is 5.01. The van der Waals surface area contributed by atoms with Gasteiger partial charge in [0.05, 0.1) is 0 Å². The Morgan fingerprint density at radius 3 is 2.50 bits per heavy atom. The summed E-state index contributed by atoms with van der Waals surface area (Å²) >= 11 is 0. The summed E-state index contributed by atoms with van der Waals surface area (Å²) in [5.74, 6) is -0.999. The van der Waals surface area contributed by atoms with Crippen molar-refractivity contribution >= 4 is 5.97 Å². The maximum atomic E-state index is 12.5. The Bertz CT molecular complexity index is 195. The molecular formula is C9H17FN2O2. The second-order valence-corrected chi connectivity index (χ2v) is 3.80. The van der Waals surface area contributed by atoms with Gasteiger partial charge in [-0.15, -0.1) is 4.48 Å². The van der Waals surface area contributed by atoms with Crippen molar-refractivity contribution in [2.45, 2.75) is 51.1 Å². The second-order valence-electron chi connectivity index (χ2n) is 3.80. The minimum atomic E-state index is -0.999. The van der Waals surface area contributed by atoms with Gasteiger partial charge in [0.15, 0.2) is 0 Å². The highest BCUT2D eigenvalue weighted by Crippen LogP contribution is 2.22. The first-order valence-corrected chi connectivity index (χ1v) is 5.04. The predicted molar refractivity (Wildman–Crippen MR) is 50.1 cm³/mol. The van der Waals surface area contributed by atoms with Crippen LogP contribution in [0.5, 0.6) is 0 Å². The summed E-state index contributed by atoms with van der Waals surface area (Å²) < 4.78 is 12.5. The van der Waals surface area contributed by atoms with Crippen molar-refractivity contribution in [1.29, 1.82) is 0 Å². The number of nitrogens with one attached hydrogen (secondary N) is 1. The number of carboxylic acids is 1. The number of carbonyl (C=O) groups is 1. The lowest BCUT2D eigenvalue weighted by Gasteiger charge is -2.33. The first-order chi connectivity index (χ1) is 6.66. The number of aliphatic carboxylic acids is 1. The molecule has 0 amide bonds. The molecular weight excluding hydrogens is 187 g/mol. The maximum absolute atomic E-state index is 12.5. The van der Waals surface area contributed by atoms with Crippen LogP contribution in [0.3, 0.4) is 0 Å². The summed E-state index contributed by atoms with van der Waals surface area (Å²) in [5.41, 5.74) is 1.51. The lowest BCUT2D eigenvalue weighted by Crippen LogP contribution is -2.51. The van der Waals surface area contributed by atoms with Crippen molar-refractivity contribution < 1.29 is 14.4 Å². The first-order valence-electron chi connectivity index (χ1n) is 5.04. The molecule has 1 aliphatic carbocycles. The SMILES string of the molecule is C[C@@H](C(=O)O)N(NF)C1CCCCC1. The molecule has 0 aromatic rings. The minimum absolute atomic E-state index is 0.0137. The molecule has 0 unspecified atom stereocenters. The van der Waals surface area contributed by atoms with E-state index in [1.165, 1.54) is 17.6 Å². The van der Waals surface area contributed by atoms with E-state index in [0.29, 0.717) is 0 Å². The molecule has 0 aliphatic heterocycles. The summed E-state index contributed by atoms with van der Waals surface area (Å²) in [4.78, 5) is 10.7. The second kappa shape index (κ2) is 5.26. The van der Waals surface area contributed by atoms with Crippen LogP contribution in [0.2, 0.25) is 0 Å². The van der Waals surface area contributed by atoms with Crippen molar-refractivity contribution in [3.8, 4) is 0 Å². The van der Waals surface area contributed by atoms with Gasteiger partial charge in [0.25, 0.3) is 0 Å². The molecule has 1 atom stereocenters. The van der Waals surface area contributed by atoms with Crippen molar-refractivity contribution in [3.05, 3.63) is 0 Å². The summed E-state index contributed by atoms with van der Waals surface area (Å²) in [6.45, 7) is 1.49. The smallest absolute Gasteiger partial charge is 0.322 e. The third kappa shape index (κ3) is 2.65. The molecule has 1 fully saturated rings. The molecule has 0 aromatic carbocycles. The van der Waals surface area contributed by atoms with Gasteiger partial charge in [-0.3, -0.25) is 4.79 Å². The van der Waals surface area contributed by atoms with Crippen molar-refractivity contribution in [2.24, 2.45) is 0 Å². The monoisotopic (exact) mass is 204 g/mol. The third-order valence-electron chi connectivity index (χ3n) is 2.84. The summed E-state index contributed by atoms with van der Waals surface area (Å²) in [6, 6.07) is -0.803. The topological polar surface area (TPSA) is 52.6 Å². The standard InChI is InChI=1S/C9H17FN2O2/c1-7(9(13)14)12(11-10)8-5-3-2-4-6-8/h7-8,11H,2-6H2,1H3,(H,13,14)/t7-/m0/s1. The highest BCUT2D eigenvalue weighted by atomic mass is 19.2. The zero-order valence-electron chi connectivity index (χ0n) is 8.37. The number of hydrogen-bond donors (Lipinski definition) is 2. The number of halogens is 1. The molecule has 1 aliphatic rings. The van der Waals surface area contributed by atoms with Gasteiger partial charge in [0.2, 0.25) is 0 Å². The maximum Gasteiger partial charge on any atom is 0.322 e. The number of rotatable bonds is 4. The minimum Gasteiger partial charge on any atom is -0.480 e. The molecule has 4 nitrogen and oxygen atoms in total. The van der Waals surface area contributed by atoms with Gasteiger partial charge in [0, 0.05) is 6.04 Å². The van der Waals surface area contributed by atoms with Gasteiger partial charge >= 0.3 is 5.97 Å². The Morgan fingerprint density at radius 1 is 1.50 bits per heavy atom. The van der Waals surface area contributed by atoms with Gasteiger partial charge in [-0.05, 0) is 19.8 Å². The van der Waals surface area contributed by atoms with Crippen molar-refractivity contribution in [3.63, 3.8) is 0 Å². The predicted octanol–water partition coefficient (Wildman–Crippen LogP) is 1.48. The average Bonchev–Trinajstić information content (AvgIpc) is 2.20. The summed E-state index contributed by atoms with van der Waals surface area (Å²) in [5, 5.41) is 9.98. The van der Waals surface area contributed by atoms with E-state index in [2.05, 4.69) is 0 Å². The van der Waals surface area contributed by atoms with Crippen molar-refractivity contribution in [2.75, 3.05) is 0 Å². The number of hydrazine groups is 1. The van der Waals surface area contributed by atoms with Gasteiger partial charge < -0.3 is 5.11 Å². The highest BCUT2D eigenvalue weighted by molar-refractivity contribution is 5.72. The fourth-order valence-electron chi connectivity index (χ4n) is 1.94. The molecule has 82 valence electrons. The quantitative estimate of drug-likeness (QED) is 0.538. The van der Waals surface area contributed by atoms with Gasteiger partial charge in [-0.1, -0.05) is 24.9 Å². The number of hydrogen-bond acceptors (Lipinski definition) is 3. The van der Waals surface area contributed by atoms with E-state index in [-0.39, 0.29) is 6.04 Å². The normalized spacial score (nSPS) is 21.1. The van der Waals surface area contributed by atoms with Crippen LogP contribution in [0.4, 0.5) is 4.48 Å². The lowest BCUT2D eigenvalue weighted by molar-refractivity contribution is -0.149. The largest absolute Gasteiger partial charge is 0.480 e. The number of nitrogens with zero attached hydrogens (tertiary/aromatic N) is 1. The molecule has 0 heterocycles. The van der Waals surface area contributed by atoms with E-state index in [1.54, 1.807) is 0 Å². The Labute approximate surface area is 83.0 Å². The van der Waals surface area contributed by atoms with Crippen LogP contribution in [0.25, 0.3) is 0 Å². The fourth-order valence-corrected chi connectivity index (χ4v) is 1.94. The third-order valence-corrected chi connectivity index (χ3v) is 2.84. The van der Waals surface area contributed by atoms with E-state index < -0.39 is 12.0 Å². The summed E-state index contributed by atoms with van der Waals surface area (Å²) in [7, 11) is 0. The van der Waals surface area contributed by atoms with Crippen LogP contribution in [0.15, 0.2) is 0 Å². The van der Waals surface area contributed by atoms with Crippen LogP contribution in [0, 0.1) is 0 Å². The zero-order valence-corrected chi connectivity index (χ0v) is 8.37. The van der Waals surface area contributed by atoms with E-state index in [1.807, 2.05) is 0 Å². The van der Waals surface area contributed by atoms with Gasteiger partial charge in [-0.2, -0.15) is 5.01 Å². The van der Waals surface area contributed by atoms with Crippen LogP contribution in [-0.4, -0.2) is 28.2 Å². The van der Waals surface area contributed by atoms with Gasteiger partial charge in [-0.25, -0.2) is 0 Å². The molecule has 0 bridgehead atoms. The molecule has 5 heteroatoms. The van der Waals surface area contributed by atoms with E-state index in [9.17, 15) is 9.28 Å².